The van der Waals surface area contributed by atoms with E-state index in [1.807, 2.05) is 35.7 Å². The summed E-state index contributed by atoms with van der Waals surface area (Å²) in [6.45, 7) is 6.35. The van der Waals surface area contributed by atoms with Crippen molar-refractivity contribution in [3.8, 4) is 5.75 Å². The van der Waals surface area contributed by atoms with Crippen molar-refractivity contribution < 1.29 is 9.53 Å². The molecule has 0 unspecified atom stereocenters. The lowest BCUT2D eigenvalue weighted by atomic mass is 9.91. The number of benzene rings is 1. The molecule has 1 aliphatic heterocycles. The second kappa shape index (κ2) is 5.61. The normalized spacial score (nSPS) is 15.5. The van der Waals surface area contributed by atoms with Crippen LogP contribution in [0.3, 0.4) is 0 Å². The molecule has 3 rings (SSSR count). The Morgan fingerprint density at radius 3 is 2.86 bits per heavy atom. The molecule has 1 aliphatic rings. The van der Waals surface area contributed by atoms with Gasteiger partial charge in [0.1, 0.15) is 5.75 Å². The molecule has 4 heteroatoms. The van der Waals surface area contributed by atoms with Gasteiger partial charge in [-0.2, -0.15) is 0 Å². The highest BCUT2D eigenvalue weighted by molar-refractivity contribution is 7.10. The van der Waals surface area contributed by atoms with Gasteiger partial charge in [-0.3, -0.25) is 4.79 Å². The summed E-state index contributed by atoms with van der Waals surface area (Å²) in [6, 6.07) is 9.62. The van der Waals surface area contributed by atoms with E-state index in [0.29, 0.717) is 12.2 Å². The number of rotatable bonds is 3. The Morgan fingerprint density at radius 2 is 2.14 bits per heavy atom. The molecule has 0 aliphatic carbocycles. The van der Waals surface area contributed by atoms with Crippen molar-refractivity contribution in [1.29, 1.82) is 0 Å². The standard InChI is InChI=1S/C18H19NO2S/c1-12-11-18(2,3)19-16-7-6-13(9-15(12)16)21-17(20)10-14-5-4-8-22-14/h4-9,11,19H,10H2,1-3H3. The summed E-state index contributed by atoms with van der Waals surface area (Å²) in [4.78, 5) is 13.0. The summed E-state index contributed by atoms with van der Waals surface area (Å²) in [5, 5.41) is 5.43. The number of fused-ring (bicyclic) bond motifs is 1. The van der Waals surface area contributed by atoms with Crippen molar-refractivity contribution in [3.63, 3.8) is 0 Å². The van der Waals surface area contributed by atoms with Crippen LogP contribution in [0.2, 0.25) is 0 Å². The highest BCUT2D eigenvalue weighted by atomic mass is 32.1. The van der Waals surface area contributed by atoms with Crippen molar-refractivity contribution in [2.75, 3.05) is 5.32 Å². The Labute approximate surface area is 134 Å². The molecule has 2 aromatic rings. The molecule has 114 valence electrons. The number of anilines is 1. The third-order valence-corrected chi connectivity index (χ3v) is 4.46. The zero-order valence-corrected chi connectivity index (χ0v) is 13.8. The number of nitrogens with one attached hydrogen (secondary N) is 1. The van der Waals surface area contributed by atoms with E-state index in [2.05, 4.69) is 32.2 Å². The van der Waals surface area contributed by atoms with Crippen LogP contribution in [0.15, 0.2) is 41.8 Å². The zero-order valence-electron chi connectivity index (χ0n) is 13.0. The molecule has 0 atom stereocenters. The van der Waals surface area contributed by atoms with Crippen LogP contribution in [-0.4, -0.2) is 11.5 Å². The van der Waals surface area contributed by atoms with Gasteiger partial charge in [-0.15, -0.1) is 11.3 Å². The molecule has 0 spiro atoms. The zero-order chi connectivity index (χ0) is 15.7. The van der Waals surface area contributed by atoms with Gasteiger partial charge >= 0.3 is 5.97 Å². The monoisotopic (exact) mass is 313 g/mol. The van der Waals surface area contributed by atoms with Gasteiger partial charge in [0.25, 0.3) is 0 Å². The minimum atomic E-state index is -0.229. The number of carbonyl (C=O) groups excluding carboxylic acids is 1. The van der Waals surface area contributed by atoms with Crippen molar-refractivity contribution >= 4 is 28.6 Å². The van der Waals surface area contributed by atoms with E-state index in [4.69, 9.17) is 4.74 Å². The fraction of sp³-hybridized carbons (Fsp3) is 0.278. The van der Waals surface area contributed by atoms with Crippen LogP contribution in [-0.2, 0) is 11.2 Å². The highest BCUT2D eigenvalue weighted by Crippen LogP contribution is 2.35. The molecule has 0 saturated carbocycles. The molecule has 0 bridgehead atoms. The molecule has 1 aromatic carbocycles. The van der Waals surface area contributed by atoms with E-state index in [9.17, 15) is 4.79 Å². The van der Waals surface area contributed by atoms with Gasteiger partial charge in [0.2, 0.25) is 0 Å². The first-order valence-corrected chi connectivity index (χ1v) is 8.16. The third-order valence-electron chi connectivity index (χ3n) is 3.58. The second-order valence-corrected chi connectivity index (χ2v) is 7.14. The molecule has 2 heterocycles. The van der Waals surface area contributed by atoms with Crippen LogP contribution < -0.4 is 10.1 Å². The van der Waals surface area contributed by atoms with Crippen molar-refractivity contribution in [2.45, 2.75) is 32.7 Å². The minimum absolute atomic E-state index is 0.0611. The molecular weight excluding hydrogens is 294 g/mol. The summed E-state index contributed by atoms with van der Waals surface area (Å²) < 4.78 is 5.47. The molecule has 0 radical (unpaired) electrons. The van der Waals surface area contributed by atoms with E-state index in [-0.39, 0.29) is 11.5 Å². The van der Waals surface area contributed by atoms with Gasteiger partial charge in [-0.1, -0.05) is 12.1 Å². The number of hydrogen-bond donors (Lipinski definition) is 1. The fourth-order valence-electron chi connectivity index (χ4n) is 2.75. The van der Waals surface area contributed by atoms with E-state index in [1.165, 1.54) is 5.57 Å². The Balaban J connectivity index is 1.77. The Hall–Kier alpha value is -2.07. The van der Waals surface area contributed by atoms with Crippen LogP contribution in [0, 0.1) is 0 Å². The first-order chi connectivity index (χ1) is 10.4. The number of hydrogen-bond acceptors (Lipinski definition) is 4. The first kappa shape index (κ1) is 14.9. The van der Waals surface area contributed by atoms with Crippen LogP contribution >= 0.6 is 11.3 Å². The number of allylic oxidation sites excluding steroid dienone is 1. The average Bonchev–Trinajstić information content (AvgIpc) is 2.91. The molecule has 1 aromatic heterocycles. The Kier molecular flexibility index (Phi) is 3.79. The van der Waals surface area contributed by atoms with Gasteiger partial charge < -0.3 is 10.1 Å². The van der Waals surface area contributed by atoms with Gasteiger partial charge in [-0.05, 0) is 56.0 Å². The first-order valence-electron chi connectivity index (χ1n) is 7.28. The van der Waals surface area contributed by atoms with E-state index >= 15 is 0 Å². The predicted octanol–water partition coefficient (Wildman–Crippen LogP) is 4.50. The number of thiophene rings is 1. The molecule has 0 saturated heterocycles. The second-order valence-electron chi connectivity index (χ2n) is 6.11. The molecule has 0 amide bonds. The lowest BCUT2D eigenvalue weighted by Gasteiger charge is -2.31. The minimum Gasteiger partial charge on any atom is -0.426 e. The maximum atomic E-state index is 12.0. The van der Waals surface area contributed by atoms with Crippen molar-refractivity contribution in [2.24, 2.45) is 0 Å². The highest BCUT2D eigenvalue weighted by Gasteiger charge is 2.22. The van der Waals surface area contributed by atoms with Gasteiger partial charge in [0.05, 0.1) is 12.0 Å². The molecule has 22 heavy (non-hydrogen) atoms. The van der Waals surface area contributed by atoms with Crippen molar-refractivity contribution in [1.82, 2.24) is 0 Å². The fourth-order valence-corrected chi connectivity index (χ4v) is 3.44. The third kappa shape index (κ3) is 3.22. The summed E-state index contributed by atoms with van der Waals surface area (Å²) in [7, 11) is 0. The summed E-state index contributed by atoms with van der Waals surface area (Å²) in [6.07, 6.45) is 2.50. The van der Waals surface area contributed by atoms with Crippen LogP contribution in [0.4, 0.5) is 5.69 Å². The average molecular weight is 313 g/mol. The van der Waals surface area contributed by atoms with Crippen LogP contribution in [0.1, 0.15) is 31.2 Å². The van der Waals surface area contributed by atoms with Gasteiger partial charge in [-0.25, -0.2) is 0 Å². The largest absolute Gasteiger partial charge is 0.426 e. The SMILES string of the molecule is CC1=CC(C)(C)Nc2ccc(OC(=O)Cc3cccs3)cc21. The maximum absolute atomic E-state index is 12.0. The predicted molar refractivity (Wildman–Crippen MR) is 91.5 cm³/mol. The lowest BCUT2D eigenvalue weighted by Crippen LogP contribution is -2.31. The smallest absolute Gasteiger partial charge is 0.316 e. The van der Waals surface area contributed by atoms with Gasteiger partial charge in [0.15, 0.2) is 0 Å². The maximum Gasteiger partial charge on any atom is 0.316 e. The summed E-state index contributed by atoms with van der Waals surface area (Å²) in [5.41, 5.74) is 3.28. The molecule has 0 fully saturated rings. The van der Waals surface area contributed by atoms with Gasteiger partial charge in [0, 0.05) is 16.1 Å². The number of esters is 1. The van der Waals surface area contributed by atoms with E-state index < -0.39 is 0 Å². The molecule has 3 nitrogen and oxygen atoms in total. The Bertz CT molecular complexity index is 730. The number of ether oxygens (including phenoxy) is 1. The summed E-state index contributed by atoms with van der Waals surface area (Å²) in [5.74, 6) is 0.364. The van der Waals surface area contributed by atoms with Crippen LogP contribution in [0.25, 0.3) is 5.57 Å². The van der Waals surface area contributed by atoms with Crippen LogP contribution in [0.5, 0.6) is 5.75 Å². The quantitative estimate of drug-likeness (QED) is 0.669. The molecule has 1 N–H and O–H groups in total. The van der Waals surface area contributed by atoms with Crippen molar-refractivity contribution in [3.05, 3.63) is 52.2 Å². The Morgan fingerprint density at radius 1 is 1.32 bits per heavy atom. The van der Waals surface area contributed by atoms with E-state index in [1.54, 1.807) is 11.3 Å². The van der Waals surface area contributed by atoms with E-state index in [0.717, 1.165) is 16.1 Å². The number of carbonyl (C=O) groups is 1. The lowest BCUT2D eigenvalue weighted by molar-refractivity contribution is -0.133. The summed E-state index contributed by atoms with van der Waals surface area (Å²) >= 11 is 1.56. The molecular formula is C18H19NO2S. The topological polar surface area (TPSA) is 38.3 Å².